The van der Waals surface area contributed by atoms with Crippen LogP contribution in [0.1, 0.15) is 36.0 Å². The zero-order valence-electron chi connectivity index (χ0n) is 11.9. The summed E-state index contributed by atoms with van der Waals surface area (Å²) in [5, 5.41) is 3.02. The van der Waals surface area contributed by atoms with Gasteiger partial charge in [0.2, 0.25) is 0 Å². The molecule has 0 spiro atoms. The van der Waals surface area contributed by atoms with Crippen molar-refractivity contribution in [3.8, 4) is 11.4 Å². The Hall–Kier alpha value is -2.36. The summed E-state index contributed by atoms with van der Waals surface area (Å²) in [6.45, 7) is 0.644. The summed E-state index contributed by atoms with van der Waals surface area (Å²) < 4.78 is 0. The Morgan fingerprint density at radius 1 is 1.29 bits per heavy atom. The van der Waals surface area contributed by atoms with Crippen LogP contribution in [-0.4, -0.2) is 22.4 Å². The molecule has 1 amide bonds. The Bertz CT molecular complexity index is 644. The second-order valence-electron chi connectivity index (χ2n) is 5.27. The van der Waals surface area contributed by atoms with Gasteiger partial charge in [0.15, 0.2) is 0 Å². The van der Waals surface area contributed by atoms with Gasteiger partial charge in [-0.2, -0.15) is 0 Å². The second kappa shape index (κ2) is 6.39. The summed E-state index contributed by atoms with van der Waals surface area (Å²) >= 11 is 0. The molecule has 1 heterocycles. The van der Waals surface area contributed by atoms with Crippen LogP contribution in [0.3, 0.4) is 0 Å². The van der Waals surface area contributed by atoms with Crippen molar-refractivity contribution in [3.63, 3.8) is 0 Å². The fourth-order valence-corrected chi connectivity index (χ4v) is 2.65. The summed E-state index contributed by atoms with van der Waals surface area (Å²) in [5.41, 5.74) is 2.83. The average Bonchev–Trinajstić information content (AvgIpc) is 3.08. The van der Waals surface area contributed by atoms with Crippen molar-refractivity contribution >= 4 is 5.91 Å². The normalized spacial score (nSPS) is 14.6. The lowest BCUT2D eigenvalue weighted by Gasteiger charge is -2.14. The molecule has 1 aliphatic rings. The molecule has 1 aromatic carbocycles. The number of benzene rings is 1. The predicted octanol–water partition coefficient (Wildman–Crippen LogP) is 3.31. The maximum absolute atomic E-state index is 12.4. The molecule has 21 heavy (non-hydrogen) atoms. The van der Waals surface area contributed by atoms with Gasteiger partial charge >= 0.3 is 0 Å². The lowest BCUT2D eigenvalue weighted by Crippen LogP contribution is -2.26. The first kappa shape index (κ1) is 13.6. The average molecular weight is 281 g/mol. The largest absolute Gasteiger partial charge is 0.348 e. The molecule has 4 heteroatoms. The third kappa shape index (κ3) is 3.21. The number of carbonyl (C=O) groups is 1. The highest BCUT2D eigenvalue weighted by atomic mass is 16.1. The van der Waals surface area contributed by atoms with Crippen LogP contribution in [-0.2, 0) is 0 Å². The summed E-state index contributed by atoms with van der Waals surface area (Å²) in [5.74, 6) is 0.672. The highest BCUT2D eigenvalue weighted by molar-refractivity contribution is 6.00. The minimum Gasteiger partial charge on any atom is -0.348 e. The molecule has 0 radical (unpaired) electrons. The van der Waals surface area contributed by atoms with E-state index in [1.165, 1.54) is 18.4 Å². The SMILES string of the molecule is O=C(NCC1=CCCCC1)c1ccccc1-c1ncc[nH]1. The highest BCUT2D eigenvalue weighted by Gasteiger charge is 2.14. The minimum absolute atomic E-state index is 0.0477. The van der Waals surface area contributed by atoms with E-state index in [4.69, 9.17) is 0 Å². The lowest BCUT2D eigenvalue weighted by atomic mass is 9.99. The summed E-state index contributed by atoms with van der Waals surface area (Å²) in [6.07, 6.45) is 10.4. The summed E-state index contributed by atoms with van der Waals surface area (Å²) in [4.78, 5) is 19.7. The fourth-order valence-electron chi connectivity index (χ4n) is 2.65. The van der Waals surface area contributed by atoms with Gasteiger partial charge in [0.25, 0.3) is 5.91 Å². The van der Waals surface area contributed by atoms with E-state index in [0.29, 0.717) is 12.1 Å². The molecule has 2 N–H and O–H groups in total. The van der Waals surface area contributed by atoms with Gasteiger partial charge in [-0.25, -0.2) is 4.98 Å². The van der Waals surface area contributed by atoms with E-state index < -0.39 is 0 Å². The van der Waals surface area contributed by atoms with E-state index in [1.54, 1.807) is 12.4 Å². The number of aromatic nitrogens is 2. The number of hydrogen-bond donors (Lipinski definition) is 2. The van der Waals surface area contributed by atoms with Crippen LogP contribution in [0.15, 0.2) is 48.3 Å². The Morgan fingerprint density at radius 2 is 2.19 bits per heavy atom. The molecule has 3 rings (SSSR count). The smallest absolute Gasteiger partial charge is 0.252 e. The third-order valence-electron chi connectivity index (χ3n) is 3.79. The van der Waals surface area contributed by atoms with E-state index in [-0.39, 0.29) is 5.91 Å². The van der Waals surface area contributed by atoms with Crippen molar-refractivity contribution in [2.24, 2.45) is 0 Å². The van der Waals surface area contributed by atoms with Crippen LogP contribution in [0.5, 0.6) is 0 Å². The van der Waals surface area contributed by atoms with Crippen molar-refractivity contribution < 1.29 is 4.79 Å². The molecule has 1 aliphatic carbocycles. The second-order valence-corrected chi connectivity index (χ2v) is 5.27. The van der Waals surface area contributed by atoms with Crippen LogP contribution < -0.4 is 5.32 Å². The van der Waals surface area contributed by atoms with E-state index in [9.17, 15) is 4.79 Å². The fraction of sp³-hybridized carbons (Fsp3) is 0.294. The van der Waals surface area contributed by atoms with E-state index in [2.05, 4.69) is 21.4 Å². The van der Waals surface area contributed by atoms with Crippen LogP contribution in [0.4, 0.5) is 0 Å². The van der Waals surface area contributed by atoms with Gasteiger partial charge in [0.1, 0.15) is 5.82 Å². The molecule has 108 valence electrons. The number of aromatic amines is 1. The zero-order chi connectivity index (χ0) is 14.5. The Balaban J connectivity index is 1.74. The molecule has 1 aromatic heterocycles. The zero-order valence-corrected chi connectivity index (χ0v) is 11.9. The van der Waals surface area contributed by atoms with Crippen molar-refractivity contribution in [2.45, 2.75) is 25.7 Å². The number of hydrogen-bond acceptors (Lipinski definition) is 2. The Morgan fingerprint density at radius 3 is 2.95 bits per heavy atom. The molecule has 0 bridgehead atoms. The number of carbonyl (C=O) groups excluding carboxylic acids is 1. The van der Waals surface area contributed by atoms with Gasteiger partial charge in [-0.3, -0.25) is 4.79 Å². The van der Waals surface area contributed by atoms with Gasteiger partial charge in [-0.1, -0.05) is 29.8 Å². The molecule has 4 nitrogen and oxygen atoms in total. The number of nitrogens with one attached hydrogen (secondary N) is 2. The topological polar surface area (TPSA) is 57.8 Å². The van der Waals surface area contributed by atoms with Gasteiger partial charge in [0, 0.05) is 24.5 Å². The van der Waals surface area contributed by atoms with Crippen LogP contribution in [0.2, 0.25) is 0 Å². The summed E-state index contributed by atoms with van der Waals surface area (Å²) in [6, 6.07) is 7.54. The number of imidazole rings is 1. The van der Waals surface area contributed by atoms with Crippen molar-refractivity contribution in [1.29, 1.82) is 0 Å². The number of rotatable bonds is 4. The summed E-state index contributed by atoms with van der Waals surface area (Å²) in [7, 11) is 0. The number of nitrogens with zero attached hydrogens (tertiary/aromatic N) is 1. The molecule has 0 fully saturated rings. The maximum Gasteiger partial charge on any atom is 0.252 e. The van der Waals surface area contributed by atoms with Gasteiger partial charge in [0.05, 0.1) is 5.56 Å². The Labute approximate surface area is 124 Å². The number of H-pyrrole nitrogens is 1. The standard InChI is InChI=1S/C17H19N3O/c21-17(20-12-13-6-2-1-3-7-13)15-9-5-4-8-14(15)16-18-10-11-19-16/h4-6,8-11H,1-3,7,12H2,(H,18,19)(H,20,21). The molecule has 0 saturated heterocycles. The van der Waals surface area contributed by atoms with E-state index in [0.717, 1.165) is 24.2 Å². The maximum atomic E-state index is 12.4. The van der Waals surface area contributed by atoms with Crippen molar-refractivity contribution in [3.05, 3.63) is 53.9 Å². The quantitative estimate of drug-likeness (QED) is 0.845. The molecule has 0 atom stereocenters. The van der Waals surface area contributed by atoms with Gasteiger partial charge < -0.3 is 10.3 Å². The minimum atomic E-state index is -0.0477. The van der Waals surface area contributed by atoms with Crippen molar-refractivity contribution in [2.75, 3.05) is 6.54 Å². The number of allylic oxidation sites excluding steroid dienone is 1. The molecule has 0 aliphatic heterocycles. The highest BCUT2D eigenvalue weighted by Crippen LogP contribution is 2.20. The van der Waals surface area contributed by atoms with Crippen LogP contribution >= 0.6 is 0 Å². The van der Waals surface area contributed by atoms with Crippen molar-refractivity contribution in [1.82, 2.24) is 15.3 Å². The number of amides is 1. The lowest BCUT2D eigenvalue weighted by molar-refractivity contribution is 0.0957. The predicted molar refractivity (Wildman–Crippen MR) is 82.9 cm³/mol. The molecule has 0 unspecified atom stereocenters. The van der Waals surface area contributed by atoms with E-state index >= 15 is 0 Å². The van der Waals surface area contributed by atoms with Gasteiger partial charge in [-0.15, -0.1) is 0 Å². The molecule has 2 aromatic rings. The monoisotopic (exact) mass is 281 g/mol. The molecule has 0 saturated carbocycles. The first-order chi connectivity index (χ1) is 10.3. The van der Waals surface area contributed by atoms with Crippen LogP contribution in [0, 0.1) is 0 Å². The first-order valence-electron chi connectivity index (χ1n) is 7.39. The Kier molecular flexibility index (Phi) is 4.15. The molecular formula is C17H19N3O. The third-order valence-corrected chi connectivity index (χ3v) is 3.79. The molecular weight excluding hydrogens is 262 g/mol. The van der Waals surface area contributed by atoms with Gasteiger partial charge in [-0.05, 0) is 31.7 Å². The first-order valence-corrected chi connectivity index (χ1v) is 7.39. The van der Waals surface area contributed by atoms with E-state index in [1.807, 2.05) is 24.3 Å². The van der Waals surface area contributed by atoms with Crippen LogP contribution in [0.25, 0.3) is 11.4 Å².